The minimum absolute atomic E-state index is 0.0448. The Morgan fingerprint density at radius 3 is 1.58 bits per heavy atom. The van der Waals surface area contributed by atoms with Crippen molar-refractivity contribution >= 4 is 11.9 Å². The number of carbonyl (C=O) groups excluding carboxylic acids is 2. The second-order valence-electron chi connectivity index (χ2n) is 6.94. The van der Waals surface area contributed by atoms with Crippen LogP contribution in [0.4, 0.5) is 0 Å². The molecule has 0 spiro atoms. The van der Waals surface area contributed by atoms with E-state index in [0.717, 1.165) is 12.8 Å². The van der Waals surface area contributed by atoms with Crippen molar-refractivity contribution in [3.63, 3.8) is 0 Å². The highest BCUT2D eigenvalue weighted by molar-refractivity contribution is 5.88. The normalized spacial score (nSPS) is 10.4. The van der Waals surface area contributed by atoms with Gasteiger partial charge in [0.05, 0.1) is 0 Å². The van der Waals surface area contributed by atoms with E-state index >= 15 is 0 Å². The molecule has 0 aromatic carbocycles. The van der Waals surface area contributed by atoms with Gasteiger partial charge in [-0.3, -0.25) is 0 Å². The molecule has 0 bridgehead atoms. The van der Waals surface area contributed by atoms with Crippen LogP contribution in [-0.4, -0.2) is 25.2 Å². The summed E-state index contributed by atoms with van der Waals surface area (Å²) < 4.78 is 9.90. The molecule has 0 aliphatic carbocycles. The Labute approximate surface area is 160 Å². The van der Waals surface area contributed by atoms with E-state index in [2.05, 4.69) is 20.1 Å². The minimum atomic E-state index is -0.471. The predicted octanol–water partition coefficient (Wildman–Crippen LogP) is 5.91. The van der Waals surface area contributed by atoms with Crippen LogP contribution >= 0.6 is 0 Å². The van der Waals surface area contributed by atoms with Crippen molar-refractivity contribution < 1.29 is 19.1 Å². The third kappa shape index (κ3) is 14.7. The highest BCUT2D eigenvalue weighted by Gasteiger charge is 2.09. The van der Waals surface area contributed by atoms with Crippen molar-refractivity contribution in [1.82, 2.24) is 0 Å². The Bertz CT molecular complexity index is 426. The first-order valence-corrected chi connectivity index (χ1v) is 10.2. The van der Waals surface area contributed by atoms with Gasteiger partial charge >= 0.3 is 11.9 Å². The van der Waals surface area contributed by atoms with Gasteiger partial charge in [-0.05, 0) is 19.8 Å². The number of hydrogen-bond donors (Lipinski definition) is 0. The van der Waals surface area contributed by atoms with E-state index in [4.69, 9.17) is 9.47 Å². The second kappa shape index (κ2) is 16.9. The van der Waals surface area contributed by atoms with E-state index in [0.29, 0.717) is 17.6 Å². The van der Waals surface area contributed by atoms with E-state index in [-0.39, 0.29) is 13.2 Å². The Balaban J connectivity index is 3.46. The monoisotopic (exact) mass is 366 g/mol. The second-order valence-corrected chi connectivity index (χ2v) is 6.94. The van der Waals surface area contributed by atoms with Crippen molar-refractivity contribution in [1.29, 1.82) is 0 Å². The zero-order valence-electron chi connectivity index (χ0n) is 16.9. The summed E-state index contributed by atoms with van der Waals surface area (Å²) in [6.07, 6.45) is 14.7. The lowest BCUT2D eigenvalue weighted by atomic mass is 10.0. The molecule has 4 nitrogen and oxygen atoms in total. The molecule has 0 aliphatic rings. The molecule has 0 rings (SSSR count). The highest BCUT2D eigenvalue weighted by atomic mass is 16.6. The highest BCUT2D eigenvalue weighted by Crippen LogP contribution is 2.14. The fraction of sp³-hybridized carbons (Fsp3) is 0.727. The first-order valence-electron chi connectivity index (χ1n) is 10.2. The molecule has 0 saturated carbocycles. The van der Waals surface area contributed by atoms with Crippen LogP contribution in [0.2, 0.25) is 0 Å². The summed E-state index contributed by atoms with van der Waals surface area (Å²) in [6, 6.07) is 0. The summed E-state index contributed by atoms with van der Waals surface area (Å²) >= 11 is 0. The maximum Gasteiger partial charge on any atom is 0.333 e. The van der Waals surface area contributed by atoms with E-state index in [1.807, 2.05) is 0 Å². The van der Waals surface area contributed by atoms with Gasteiger partial charge in [-0.15, -0.1) is 0 Å². The van der Waals surface area contributed by atoms with Gasteiger partial charge in [0.1, 0.15) is 13.2 Å². The molecule has 0 atom stereocenters. The molecule has 150 valence electrons. The first-order chi connectivity index (χ1) is 12.5. The van der Waals surface area contributed by atoms with Crippen LogP contribution in [0.1, 0.15) is 90.9 Å². The third-order valence-corrected chi connectivity index (χ3v) is 4.27. The fourth-order valence-corrected chi connectivity index (χ4v) is 2.60. The zero-order valence-corrected chi connectivity index (χ0v) is 16.9. The Hall–Kier alpha value is -1.58. The number of hydrogen-bond acceptors (Lipinski definition) is 4. The topological polar surface area (TPSA) is 52.6 Å². The summed E-state index contributed by atoms with van der Waals surface area (Å²) in [5.74, 6) is -0.871. The largest absolute Gasteiger partial charge is 0.459 e. The molecule has 4 heteroatoms. The standard InChI is InChI=1S/C22H38O4/c1-5-6-7-8-9-10-11-12-13-14-15-16-20(4)22(24)26-18-17-25-21(23)19(2)3/h2,4-18H2,1,3H3. The molecule has 0 fully saturated rings. The van der Waals surface area contributed by atoms with Gasteiger partial charge in [0.15, 0.2) is 0 Å². The van der Waals surface area contributed by atoms with Crippen molar-refractivity contribution in [2.75, 3.05) is 13.2 Å². The minimum Gasteiger partial charge on any atom is -0.459 e. The molecule has 0 unspecified atom stereocenters. The summed E-state index contributed by atoms with van der Waals surface area (Å²) in [5, 5.41) is 0. The van der Waals surface area contributed by atoms with Crippen LogP contribution in [0.3, 0.4) is 0 Å². The number of rotatable bonds is 17. The molecule has 0 heterocycles. The van der Waals surface area contributed by atoms with Crippen LogP contribution in [0.25, 0.3) is 0 Å². The molecule has 0 aromatic heterocycles. The van der Waals surface area contributed by atoms with Gasteiger partial charge in [0.2, 0.25) is 0 Å². The van der Waals surface area contributed by atoms with Crippen LogP contribution in [0.5, 0.6) is 0 Å². The number of unbranched alkanes of at least 4 members (excludes halogenated alkanes) is 10. The average Bonchev–Trinajstić information content (AvgIpc) is 2.62. The van der Waals surface area contributed by atoms with E-state index < -0.39 is 11.9 Å². The summed E-state index contributed by atoms with van der Waals surface area (Å²) in [4.78, 5) is 22.9. The maximum absolute atomic E-state index is 11.8. The summed E-state index contributed by atoms with van der Waals surface area (Å²) in [5.41, 5.74) is 0.824. The van der Waals surface area contributed by atoms with Crippen molar-refractivity contribution in [2.24, 2.45) is 0 Å². The van der Waals surface area contributed by atoms with Crippen LogP contribution in [0.15, 0.2) is 24.3 Å². The van der Waals surface area contributed by atoms with Gasteiger partial charge in [0.25, 0.3) is 0 Å². The smallest absolute Gasteiger partial charge is 0.333 e. The lowest BCUT2D eigenvalue weighted by molar-refractivity contribution is -0.147. The SMILES string of the molecule is C=C(C)C(=O)OCCOC(=O)C(=C)CCCCCCCCCCCCC. The Kier molecular flexibility index (Phi) is 15.8. The van der Waals surface area contributed by atoms with Crippen LogP contribution in [0, 0.1) is 0 Å². The van der Waals surface area contributed by atoms with Crippen LogP contribution in [-0.2, 0) is 19.1 Å². The lowest BCUT2D eigenvalue weighted by Crippen LogP contribution is -2.15. The van der Waals surface area contributed by atoms with Gasteiger partial charge < -0.3 is 9.47 Å². The van der Waals surface area contributed by atoms with E-state index in [9.17, 15) is 9.59 Å². The fourth-order valence-electron chi connectivity index (χ4n) is 2.60. The number of ether oxygens (including phenoxy) is 2. The molecule has 26 heavy (non-hydrogen) atoms. The molecule has 0 saturated heterocycles. The van der Waals surface area contributed by atoms with Gasteiger partial charge in [-0.25, -0.2) is 9.59 Å². The maximum atomic E-state index is 11.8. The molecule has 0 aromatic rings. The Morgan fingerprint density at radius 2 is 1.12 bits per heavy atom. The average molecular weight is 367 g/mol. The summed E-state index contributed by atoms with van der Waals surface area (Å²) in [7, 11) is 0. The molecular formula is C22H38O4. The first kappa shape index (κ1) is 24.4. The predicted molar refractivity (Wildman–Crippen MR) is 107 cm³/mol. The molecule has 0 amide bonds. The number of esters is 2. The lowest BCUT2D eigenvalue weighted by Gasteiger charge is -2.08. The van der Waals surface area contributed by atoms with Gasteiger partial charge in [-0.2, -0.15) is 0 Å². The quantitative estimate of drug-likeness (QED) is 0.182. The number of carbonyl (C=O) groups is 2. The summed E-state index contributed by atoms with van der Waals surface area (Å²) in [6.45, 7) is 11.2. The molecule has 0 N–H and O–H groups in total. The molecule has 0 aliphatic heterocycles. The van der Waals surface area contributed by atoms with Crippen LogP contribution < -0.4 is 0 Å². The van der Waals surface area contributed by atoms with Gasteiger partial charge in [-0.1, -0.05) is 84.3 Å². The van der Waals surface area contributed by atoms with Crippen molar-refractivity contribution in [2.45, 2.75) is 90.9 Å². The molecule has 0 radical (unpaired) electrons. The van der Waals surface area contributed by atoms with E-state index in [1.54, 1.807) is 6.92 Å². The zero-order chi connectivity index (χ0) is 19.6. The van der Waals surface area contributed by atoms with Gasteiger partial charge in [0, 0.05) is 11.1 Å². The molecular weight excluding hydrogens is 328 g/mol. The van der Waals surface area contributed by atoms with Crippen molar-refractivity contribution in [3.05, 3.63) is 24.3 Å². The third-order valence-electron chi connectivity index (χ3n) is 4.27. The Morgan fingerprint density at radius 1 is 0.692 bits per heavy atom. The van der Waals surface area contributed by atoms with Crippen molar-refractivity contribution in [3.8, 4) is 0 Å². The van der Waals surface area contributed by atoms with E-state index in [1.165, 1.54) is 57.8 Å².